The Bertz CT molecular complexity index is 467. The van der Waals surface area contributed by atoms with Gasteiger partial charge in [0.1, 0.15) is 0 Å². The first-order chi connectivity index (χ1) is 8.39. The summed E-state index contributed by atoms with van der Waals surface area (Å²) < 4.78 is 0. The maximum Gasteiger partial charge on any atom is 0.251 e. The summed E-state index contributed by atoms with van der Waals surface area (Å²) in [4.78, 5) is 12.0. The van der Waals surface area contributed by atoms with Crippen molar-refractivity contribution >= 4 is 11.7 Å². The van der Waals surface area contributed by atoms with Gasteiger partial charge in [-0.3, -0.25) is 4.79 Å². The number of carbonyl (C=O) groups is 1. The van der Waals surface area contributed by atoms with Gasteiger partial charge >= 0.3 is 0 Å². The minimum Gasteiger partial charge on any atom is -0.409 e. The van der Waals surface area contributed by atoms with E-state index in [0.717, 1.165) is 6.42 Å². The summed E-state index contributed by atoms with van der Waals surface area (Å²) in [5.41, 5.74) is 6.22. The van der Waals surface area contributed by atoms with Crippen molar-refractivity contribution in [2.75, 3.05) is 0 Å². The van der Waals surface area contributed by atoms with Crippen LogP contribution in [-0.2, 0) is 0 Å². The van der Waals surface area contributed by atoms with Gasteiger partial charge in [-0.15, -0.1) is 0 Å². The van der Waals surface area contributed by atoms with E-state index in [-0.39, 0.29) is 17.3 Å². The summed E-state index contributed by atoms with van der Waals surface area (Å²) in [5.74, 6) is -0.186. The van der Waals surface area contributed by atoms with Gasteiger partial charge in [0.2, 0.25) is 0 Å². The fraction of sp³-hybridized carbons (Fsp3) is 0.385. The number of hydrogen-bond donors (Lipinski definition) is 3. The molecule has 1 amide bonds. The summed E-state index contributed by atoms with van der Waals surface area (Å²) >= 11 is 0. The molecule has 0 radical (unpaired) electrons. The Kier molecular flexibility index (Phi) is 4.31. The van der Waals surface area contributed by atoms with Crippen LogP contribution in [-0.4, -0.2) is 22.5 Å². The second-order valence-electron chi connectivity index (χ2n) is 4.76. The van der Waals surface area contributed by atoms with E-state index >= 15 is 0 Å². The second kappa shape index (κ2) is 5.53. The highest BCUT2D eigenvalue weighted by Crippen LogP contribution is 2.10. The van der Waals surface area contributed by atoms with Crippen LogP contribution in [0.15, 0.2) is 29.4 Å². The number of nitrogens with zero attached hydrogens (tertiary/aromatic N) is 1. The molecule has 0 spiro atoms. The summed E-state index contributed by atoms with van der Waals surface area (Å²) in [6.07, 6.45) is 0.832. The molecule has 0 aliphatic carbocycles. The van der Waals surface area contributed by atoms with Gasteiger partial charge in [0.15, 0.2) is 5.84 Å². The average Bonchev–Trinajstić information content (AvgIpc) is 2.37. The SMILES string of the molecule is CCC(C)(C)NC(=O)c1cccc(/C(N)=N/O)c1. The van der Waals surface area contributed by atoms with Crippen LogP contribution in [0.2, 0.25) is 0 Å². The van der Waals surface area contributed by atoms with Gasteiger partial charge in [-0.2, -0.15) is 0 Å². The van der Waals surface area contributed by atoms with Crippen LogP contribution in [0.3, 0.4) is 0 Å². The van der Waals surface area contributed by atoms with Gasteiger partial charge in [-0.25, -0.2) is 0 Å². The molecule has 0 aromatic heterocycles. The van der Waals surface area contributed by atoms with Crippen molar-refractivity contribution < 1.29 is 10.0 Å². The highest BCUT2D eigenvalue weighted by atomic mass is 16.4. The van der Waals surface area contributed by atoms with Crippen molar-refractivity contribution in [2.45, 2.75) is 32.7 Å². The predicted molar refractivity (Wildman–Crippen MR) is 70.8 cm³/mol. The highest BCUT2D eigenvalue weighted by molar-refractivity contribution is 6.01. The third kappa shape index (κ3) is 3.48. The van der Waals surface area contributed by atoms with Crippen LogP contribution in [0.25, 0.3) is 0 Å². The molecule has 0 aliphatic rings. The van der Waals surface area contributed by atoms with Gasteiger partial charge in [0.25, 0.3) is 5.91 Å². The van der Waals surface area contributed by atoms with E-state index < -0.39 is 0 Å². The van der Waals surface area contributed by atoms with Crippen LogP contribution >= 0.6 is 0 Å². The maximum atomic E-state index is 12.0. The molecule has 0 aliphatic heterocycles. The number of benzene rings is 1. The molecule has 0 saturated carbocycles. The minimum absolute atomic E-state index is 0.0144. The molecule has 5 heteroatoms. The smallest absolute Gasteiger partial charge is 0.251 e. The number of oxime groups is 1. The van der Waals surface area contributed by atoms with E-state index in [9.17, 15) is 4.79 Å². The molecule has 1 rings (SSSR count). The number of nitrogens with two attached hydrogens (primary N) is 1. The molecule has 1 aromatic rings. The van der Waals surface area contributed by atoms with Crippen LogP contribution in [0, 0.1) is 0 Å². The third-order valence-electron chi connectivity index (χ3n) is 2.86. The van der Waals surface area contributed by atoms with Gasteiger partial charge in [-0.1, -0.05) is 24.2 Å². The van der Waals surface area contributed by atoms with E-state index in [1.165, 1.54) is 0 Å². The zero-order valence-electron chi connectivity index (χ0n) is 10.9. The molecule has 0 saturated heterocycles. The molecular weight excluding hydrogens is 230 g/mol. The number of hydrogen-bond acceptors (Lipinski definition) is 3. The number of amidine groups is 1. The maximum absolute atomic E-state index is 12.0. The molecule has 0 fully saturated rings. The van der Waals surface area contributed by atoms with Crippen molar-refractivity contribution in [1.29, 1.82) is 0 Å². The second-order valence-corrected chi connectivity index (χ2v) is 4.76. The highest BCUT2D eigenvalue weighted by Gasteiger charge is 2.19. The van der Waals surface area contributed by atoms with E-state index in [4.69, 9.17) is 10.9 Å². The Balaban J connectivity index is 2.94. The summed E-state index contributed by atoms with van der Waals surface area (Å²) in [6, 6.07) is 6.66. The third-order valence-corrected chi connectivity index (χ3v) is 2.86. The largest absolute Gasteiger partial charge is 0.409 e. The van der Waals surface area contributed by atoms with Gasteiger partial charge in [0, 0.05) is 16.7 Å². The first-order valence-corrected chi connectivity index (χ1v) is 5.80. The minimum atomic E-state index is -0.260. The predicted octanol–water partition coefficient (Wildman–Crippen LogP) is 1.70. The molecule has 1 aromatic carbocycles. The van der Waals surface area contributed by atoms with Crippen LogP contribution in [0.1, 0.15) is 43.1 Å². The van der Waals surface area contributed by atoms with Crippen molar-refractivity contribution in [2.24, 2.45) is 10.9 Å². The molecule has 0 heterocycles. The lowest BCUT2D eigenvalue weighted by atomic mass is 10.0. The number of nitrogens with one attached hydrogen (secondary N) is 1. The zero-order chi connectivity index (χ0) is 13.8. The van der Waals surface area contributed by atoms with Gasteiger partial charge < -0.3 is 16.3 Å². The van der Waals surface area contributed by atoms with E-state index in [1.54, 1.807) is 24.3 Å². The molecule has 98 valence electrons. The molecule has 4 N–H and O–H groups in total. The Morgan fingerprint density at radius 1 is 1.44 bits per heavy atom. The fourth-order valence-corrected chi connectivity index (χ4v) is 1.35. The summed E-state index contributed by atoms with van der Waals surface area (Å²) in [7, 11) is 0. The van der Waals surface area contributed by atoms with E-state index in [0.29, 0.717) is 11.1 Å². The van der Waals surface area contributed by atoms with Gasteiger partial charge in [-0.05, 0) is 32.4 Å². The number of amides is 1. The molecule has 0 bridgehead atoms. The molecule has 5 nitrogen and oxygen atoms in total. The van der Waals surface area contributed by atoms with Crippen molar-refractivity contribution in [3.8, 4) is 0 Å². The zero-order valence-corrected chi connectivity index (χ0v) is 10.9. The number of carbonyl (C=O) groups excluding carboxylic acids is 1. The molecular formula is C13H19N3O2. The Hall–Kier alpha value is -2.04. The Morgan fingerprint density at radius 2 is 2.06 bits per heavy atom. The monoisotopic (exact) mass is 249 g/mol. The molecule has 0 unspecified atom stereocenters. The lowest BCUT2D eigenvalue weighted by molar-refractivity contribution is 0.0911. The average molecular weight is 249 g/mol. The Labute approximate surface area is 107 Å². The molecule has 0 atom stereocenters. The topological polar surface area (TPSA) is 87.7 Å². The normalized spacial score (nSPS) is 12.3. The fourth-order valence-electron chi connectivity index (χ4n) is 1.35. The van der Waals surface area contributed by atoms with Crippen molar-refractivity contribution in [3.05, 3.63) is 35.4 Å². The molecule has 18 heavy (non-hydrogen) atoms. The standard InChI is InChI=1S/C13H19N3O2/c1-4-13(2,3)15-12(17)10-7-5-6-9(8-10)11(14)16-18/h5-8,18H,4H2,1-3H3,(H2,14,16)(H,15,17). The Morgan fingerprint density at radius 3 is 2.61 bits per heavy atom. The first kappa shape index (κ1) is 14.0. The van der Waals surface area contributed by atoms with Crippen molar-refractivity contribution in [3.63, 3.8) is 0 Å². The number of rotatable bonds is 4. The van der Waals surface area contributed by atoms with E-state index in [2.05, 4.69) is 10.5 Å². The van der Waals surface area contributed by atoms with Crippen LogP contribution in [0.5, 0.6) is 0 Å². The van der Waals surface area contributed by atoms with Crippen LogP contribution in [0.4, 0.5) is 0 Å². The lowest BCUT2D eigenvalue weighted by Crippen LogP contribution is -2.42. The first-order valence-electron chi connectivity index (χ1n) is 5.80. The van der Waals surface area contributed by atoms with Gasteiger partial charge in [0.05, 0.1) is 0 Å². The summed E-state index contributed by atoms with van der Waals surface area (Å²) in [5, 5.41) is 14.4. The van der Waals surface area contributed by atoms with Crippen molar-refractivity contribution in [1.82, 2.24) is 5.32 Å². The van der Waals surface area contributed by atoms with Crippen LogP contribution < -0.4 is 11.1 Å². The quantitative estimate of drug-likeness (QED) is 0.328. The summed E-state index contributed by atoms with van der Waals surface area (Å²) in [6.45, 7) is 5.92. The van der Waals surface area contributed by atoms with E-state index in [1.807, 2.05) is 20.8 Å². The lowest BCUT2D eigenvalue weighted by Gasteiger charge is -2.24.